The Hall–Kier alpha value is -2.02. The second-order valence-electron chi connectivity index (χ2n) is 3.03. The van der Waals surface area contributed by atoms with Gasteiger partial charge in [0.2, 0.25) is 0 Å². The molecule has 0 aliphatic heterocycles. The number of nitrogens with one attached hydrogen (secondary N) is 3. The smallest absolute Gasteiger partial charge is 0.186 e. The van der Waals surface area contributed by atoms with E-state index in [9.17, 15) is 0 Å². The van der Waals surface area contributed by atoms with E-state index in [0.717, 1.165) is 0 Å². The maximum atomic E-state index is 4.86. The Morgan fingerprint density at radius 2 is 2.29 bits per heavy atom. The third kappa shape index (κ3) is 5.57. The Balaban J connectivity index is 2.41. The number of rotatable bonds is 4. The van der Waals surface area contributed by atoms with Gasteiger partial charge < -0.3 is 5.32 Å². The molecule has 1 aromatic rings. The van der Waals surface area contributed by atoms with Gasteiger partial charge in [0.25, 0.3) is 0 Å². The molecule has 0 saturated heterocycles. The van der Waals surface area contributed by atoms with E-state index in [1.807, 2.05) is 18.2 Å². The number of aromatic nitrogens is 1. The highest BCUT2D eigenvalue weighted by Gasteiger charge is 1.89. The molecule has 0 atom stereocenters. The average Bonchev–Trinajstić information content (AvgIpc) is 2.37. The first-order valence-electron chi connectivity index (χ1n) is 4.94. The van der Waals surface area contributed by atoms with E-state index < -0.39 is 0 Å². The lowest BCUT2D eigenvalue weighted by Crippen LogP contribution is -2.29. The van der Waals surface area contributed by atoms with Gasteiger partial charge in [-0.05, 0) is 31.3 Å². The van der Waals surface area contributed by atoms with Gasteiger partial charge in [-0.2, -0.15) is 10.2 Å². The first-order chi connectivity index (χ1) is 8.22. The van der Waals surface area contributed by atoms with Crippen LogP contribution in [0.5, 0.6) is 0 Å². The van der Waals surface area contributed by atoms with E-state index in [1.54, 1.807) is 26.4 Å². The summed E-state index contributed by atoms with van der Waals surface area (Å²) in [6.45, 7) is 1.80. The van der Waals surface area contributed by atoms with Crippen LogP contribution in [0, 0.1) is 0 Å². The molecule has 6 nitrogen and oxygen atoms in total. The molecule has 1 aromatic heterocycles. The molecule has 17 heavy (non-hydrogen) atoms. The molecule has 0 bridgehead atoms. The van der Waals surface area contributed by atoms with Crippen LogP contribution in [-0.4, -0.2) is 29.1 Å². The third-order valence-corrected chi connectivity index (χ3v) is 1.95. The highest BCUT2D eigenvalue weighted by molar-refractivity contribution is 7.80. The van der Waals surface area contributed by atoms with Gasteiger partial charge in [-0.15, -0.1) is 0 Å². The lowest BCUT2D eigenvalue weighted by atomic mass is 10.5. The molecule has 1 heterocycles. The van der Waals surface area contributed by atoms with Crippen LogP contribution in [0.25, 0.3) is 0 Å². The van der Waals surface area contributed by atoms with Crippen LogP contribution in [0.1, 0.15) is 6.92 Å². The van der Waals surface area contributed by atoms with E-state index in [0.29, 0.717) is 16.6 Å². The minimum Gasteiger partial charge on any atom is -0.364 e. The van der Waals surface area contributed by atoms with E-state index in [1.165, 1.54) is 0 Å². The quantitative estimate of drug-likeness (QED) is 0.421. The Morgan fingerprint density at radius 1 is 1.47 bits per heavy atom. The molecule has 3 N–H and O–H groups in total. The van der Waals surface area contributed by atoms with Gasteiger partial charge in [-0.1, -0.05) is 6.07 Å². The SMILES string of the molecule is CNC(=S)NN=C(C)C=NNc1ccccn1. The first kappa shape index (κ1) is 13.0. The van der Waals surface area contributed by atoms with Crippen LogP contribution in [-0.2, 0) is 0 Å². The fourth-order valence-electron chi connectivity index (χ4n) is 0.844. The molecule has 7 heteroatoms. The van der Waals surface area contributed by atoms with Crippen LogP contribution < -0.4 is 16.2 Å². The molecule has 90 valence electrons. The maximum absolute atomic E-state index is 4.86. The number of anilines is 1. The molecule has 0 amide bonds. The van der Waals surface area contributed by atoms with Gasteiger partial charge in [0.15, 0.2) is 5.11 Å². The van der Waals surface area contributed by atoms with Crippen molar-refractivity contribution in [3.63, 3.8) is 0 Å². The van der Waals surface area contributed by atoms with Gasteiger partial charge in [-0.3, -0.25) is 10.9 Å². The van der Waals surface area contributed by atoms with Crippen molar-refractivity contribution in [2.75, 3.05) is 12.5 Å². The Morgan fingerprint density at radius 3 is 2.94 bits per heavy atom. The van der Waals surface area contributed by atoms with Gasteiger partial charge in [0.05, 0.1) is 11.9 Å². The highest BCUT2D eigenvalue weighted by atomic mass is 32.1. The topological polar surface area (TPSA) is 73.7 Å². The predicted molar refractivity (Wildman–Crippen MR) is 74.3 cm³/mol. The Bertz CT molecular complexity index is 414. The molecule has 0 aromatic carbocycles. The van der Waals surface area contributed by atoms with E-state index in [4.69, 9.17) is 12.2 Å². The van der Waals surface area contributed by atoms with Crippen molar-refractivity contribution in [3.8, 4) is 0 Å². The minimum absolute atomic E-state index is 0.454. The molecular weight excluding hydrogens is 236 g/mol. The summed E-state index contributed by atoms with van der Waals surface area (Å²) in [5.74, 6) is 0.676. The van der Waals surface area contributed by atoms with Crippen LogP contribution in [0.4, 0.5) is 5.82 Å². The Labute approximate surface area is 105 Å². The number of pyridine rings is 1. The van der Waals surface area contributed by atoms with Crippen molar-refractivity contribution in [1.29, 1.82) is 0 Å². The summed E-state index contributed by atoms with van der Waals surface area (Å²) in [6.07, 6.45) is 3.26. The summed E-state index contributed by atoms with van der Waals surface area (Å²) in [7, 11) is 1.72. The molecular formula is C10H14N6S. The summed E-state index contributed by atoms with van der Waals surface area (Å²) in [5.41, 5.74) is 6.12. The molecule has 0 unspecified atom stereocenters. The molecule has 0 spiro atoms. The number of nitrogens with zero attached hydrogens (tertiary/aromatic N) is 3. The summed E-state index contributed by atoms with van der Waals surface area (Å²) in [4.78, 5) is 4.05. The molecule has 0 aliphatic carbocycles. The third-order valence-electron chi connectivity index (χ3n) is 1.66. The van der Waals surface area contributed by atoms with Gasteiger partial charge in [-0.25, -0.2) is 4.98 Å². The summed E-state index contributed by atoms with van der Waals surface area (Å²) in [6, 6.07) is 5.53. The fraction of sp³-hybridized carbons (Fsp3) is 0.200. The lowest BCUT2D eigenvalue weighted by Gasteiger charge is -2.00. The van der Waals surface area contributed by atoms with Crippen molar-refractivity contribution in [3.05, 3.63) is 24.4 Å². The molecule has 1 rings (SSSR count). The zero-order valence-electron chi connectivity index (χ0n) is 9.64. The fourth-order valence-corrected chi connectivity index (χ4v) is 0.890. The van der Waals surface area contributed by atoms with Crippen LogP contribution >= 0.6 is 12.2 Å². The van der Waals surface area contributed by atoms with Crippen LogP contribution in [0.2, 0.25) is 0 Å². The van der Waals surface area contributed by atoms with Gasteiger partial charge in [0.1, 0.15) is 5.82 Å². The summed E-state index contributed by atoms with van der Waals surface area (Å²) in [5, 5.41) is 11.2. The van der Waals surface area contributed by atoms with Gasteiger partial charge >= 0.3 is 0 Å². The number of hydrogen-bond acceptors (Lipinski definition) is 5. The predicted octanol–water partition coefficient (Wildman–Crippen LogP) is 0.949. The number of hydrogen-bond donors (Lipinski definition) is 3. The summed E-state index contributed by atoms with van der Waals surface area (Å²) >= 11 is 4.86. The minimum atomic E-state index is 0.454. The van der Waals surface area contributed by atoms with Crippen molar-refractivity contribution >= 4 is 35.1 Å². The standard InChI is InChI=1S/C10H14N6S/c1-8(14-16-10(17)11-2)7-13-15-9-5-3-4-6-12-9/h3-7H,1-2H3,(H,12,15)(H2,11,16,17). The molecule has 0 radical (unpaired) electrons. The van der Waals surface area contributed by atoms with Crippen molar-refractivity contribution in [1.82, 2.24) is 15.7 Å². The molecule has 0 saturated carbocycles. The Kier molecular flexibility index (Phi) is 5.59. The zero-order valence-corrected chi connectivity index (χ0v) is 10.5. The maximum Gasteiger partial charge on any atom is 0.186 e. The van der Waals surface area contributed by atoms with Gasteiger partial charge in [0, 0.05) is 13.2 Å². The number of hydrazone groups is 2. The number of thiocarbonyl (C=S) groups is 1. The van der Waals surface area contributed by atoms with E-state index in [-0.39, 0.29) is 0 Å². The van der Waals surface area contributed by atoms with Crippen LogP contribution in [0.3, 0.4) is 0 Å². The first-order valence-corrected chi connectivity index (χ1v) is 5.35. The monoisotopic (exact) mass is 250 g/mol. The highest BCUT2D eigenvalue weighted by Crippen LogP contribution is 1.98. The largest absolute Gasteiger partial charge is 0.364 e. The van der Waals surface area contributed by atoms with E-state index in [2.05, 4.69) is 31.4 Å². The molecule has 0 aliphatic rings. The zero-order chi connectivity index (χ0) is 12.5. The van der Waals surface area contributed by atoms with Crippen molar-refractivity contribution in [2.45, 2.75) is 6.92 Å². The average molecular weight is 250 g/mol. The van der Waals surface area contributed by atoms with E-state index >= 15 is 0 Å². The normalized spacial score (nSPS) is 11.3. The van der Waals surface area contributed by atoms with Crippen molar-refractivity contribution < 1.29 is 0 Å². The van der Waals surface area contributed by atoms with Crippen LogP contribution in [0.15, 0.2) is 34.6 Å². The second kappa shape index (κ2) is 7.29. The lowest BCUT2D eigenvalue weighted by molar-refractivity contribution is 0.977. The summed E-state index contributed by atoms with van der Waals surface area (Å²) < 4.78 is 0. The second-order valence-corrected chi connectivity index (χ2v) is 3.44. The molecule has 0 fully saturated rings. The van der Waals surface area contributed by atoms with Crippen molar-refractivity contribution in [2.24, 2.45) is 10.2 Å².